The Morgan fingerprint density at radius 1 is 1.17 bits per heavy atom. The van der Waals surface area contributed by atoms with E-state index in [1.165, 1.54) is 6.54 Å². The summed E-state index contributed by atoms with van der Waals surface area (Å²) in [4.78, 5) is 14.3. The molecule has 0 radical (unpaired) electrons. The first-order chi connectivity index (χ1) is 14.2. The van der Waals surface area contributed by atoms with E-state index >= 15 is 0 Å². The van der Waals surface area contributed by atoms with Crippen LogP contribution in [0.4, 0.5) is 16.3 Å². The number of nitrogens with one attached hydrogen (secondary N) is 3. The van der Waals surface area contributed by atoms with E-state index in [2.05, 4.69) is 46.4 Å². The minimum atomic E-state index is -0.366. The van der Waals surface area contributed by atoms with E-state index < -0.39 is 0 Å². The molecule has 0 saturated heterocycles. The Morgan fingerprint density at radius 3 is 2.27 bits per heavy atom. The topological polar surface area (TPSA) is 82.4 Å². The van der Waals surface area contributed by atoms with Gasteiger partial charge in [-0.05, 0) is 37.8 Å². The van der Waals surface area contributed by atoms with Gasteiger partial charge in [0, 0.05) is 30.3 Å². The van der Waals surface area contributed by atoms with Crippen LogP contribution in [-0.2, 0) is 5.41 Å². The first kappa shape index (κ1) is 25.4. The zero-order valence-electron chi connectivity index (χ0n) is 19.2. The van der Waals surface area contributed by atoms with Crippen LogP contribution in [-0.4, -0.2) is 49.3 Å². The molecule has 0 fully saturated rings. The van der Waals surface area contributed by atoms with Gasteiger partial charge in [0.25, 0.3) is 0 Å². The van der Waals surface area contributed by atoms with Gasteiger partial charge in [0.15, 0.2) is 5.82 Å². The quantitative estimate of drug-likeness (QED) is 0.576. The molecular formula is C23H37N5O2. The van der Waals surface area contributed by atoms with E-state index in [4.69, 9.17) is 4.52 Å². The second-order valence-corrected chi connectivity index (χ2v) is 7.86. The Kier molecular flexibility index (Phi) is 10.9. The molecule has 2 aromatic rings. The van der Waals surface area contributed by atoms with Crippen molar-refractivity contribution in [1.29, 1.82) is 0 Å². The number of hydrogen-bond acceptors (Lipinski definition) is 5. The molecule has 0 saturated carbocycles. The average Bonchev–Trinajstić information content (AvgIpc) is 3.19. The molecule has 0 bridgehead atoms. The third kappa shape index (κ3) is 9.24. The first-order valence-corrected chi connectivity index (χ1v) is 10.4. The van der Waals surface area contributed by atoms with Crippen molar-refractivity contribution in [3.63, 3.8) is 0 Å². The van der Waals surface area contributed by atoms with Gasteiger partial charge in [-0.2, -0.15) is 0 Å². The van der Waals surface area contributed by atoms with E-state index in [9.17, 15) is 4.79 Å². The summed E-state index contributed by atoms with van der Waals surface area (Å²) in [6.45, 7) is 18.7. The standard InChI is InChI=1S/C16H19N3O2.C7H18N2/c1-5-11-6-8-12(9-7-11)17-15(20)18-14-10-13(21-19-14)16(2,3)4;1-4-9(5-2)7-6-8-3/h5-10H,1H2,2-4H3,(H2,17,18,19,20);8H,4-7H2,1-3H3. The van der Waals surface area contributed by atoms with E-state index in [0.29, 0.717) is 17.3 Å². The van der Waals surface area contributed by atoms with Crippen molar-refractivity contribution >= 4 is 23.6 Å². The van der Waals surface area contributed by atoms with Gasteiger partial charge in [-0.15, -0.1) is 0 Å². The number of aromatic nitrogens is 1. The molecule has 0 aliphatic carbocycles. The molecule has 0 aliphatic rings. The number of benzene rings is 1. The van der Waals surface area contributed by atoms with E-state index in [-0.39, 0.29) is 11.4 Å². The summed E-state index contributed by atoms with van der Waals surface area (Å²) in [7, 11) is 1.99. The fourth-order valence-corrected chi connectivity index (χ4v) is 2.48. The highest BCUT2D eigenvalue weighted by Crippen LogP contribution is 2.24. The van der Waals surface area contributed by atoms with Gasteiger partial charge in [-0.25, -0.2) is 4.79 Å². The molecule has 7 heteroatoms. The molecule has 0 atom stereocenters. The summed E-state index contributed by atoms with van der Waals surface area (Å²) in [5.74, 6) is 1.10. The largest absolute Gasteiger partial charge is 0.359 e. The highest BCUT2D eigenvalue weighted by atomic mass is 16.5. The Labute approximate surface area is 180 Å². The lowest BCUT2D eigenvalue weighted by Gasteiger charge is -2.16. The van der Waals surface area contributed by atoms with E-state index in [0.717, 1.165) is 25.2 Å². The van der Waals surface area contributed by atoms with Gasteiger partial charge in [0.05, 0.1) is 0 Å². The number of amides is 2. The molecule has 30 heavy (non-hydrogen) atoms. The maximum atomic E-state index is 11.9. The van der Waals surface area contributed by atoms with Crippen LogP contribution in [0, 0.1) is 0 Å². The smallest absolute Gasteiger partial charge is 0.324 e. The van der Waals surface area contributed by atoms with Crippen LogP contribution in [0.2, 0.25) is 0 Å². The Balaban J connectivity index is 0.000000424. The van der Waals surface area contributed by atoms with Gasteiger partial charge in [0.2, 0.25) is 0 Å². The summed E-state index contributed by atoms with van der Waals surface area (Å²) >= 11 is 0. The fourth-order valence-electron chi connectivity index (χ4n) is 2.48. The zero-order chi connectivity index (χ0) is 22.6. The lowest BCUT2D eigenvalue weighted by atomic mass is 9.93. The highest BCUT2D eigenvalue weighted by Gasteiger charge is 2.20. The van der Waals surface area contributed by atoms with Crippen LogP contribution >= 0.6 is 0 Å². The Morgan fingerprint density at radius 2 is 1.80 bits per heavy atom. The summed E-state index contributed by atoms with van der Waals surface area (Å²) in [5.41, 5.74) is 1.54. The maximum Gasteiger partial charge on any atom is 0.324 e. The number of rotatable bonds is 8. The predicted octanol–water partition coefficient (Wildman–Crippen LogP) is 4.81. The fraction of sp³-hybridized carbons (Fsp3) is 0.478. The molecule has 0 aliphatic heterocycles. The SMILES string of the molecule is C=Cc1ccc(NC(=O)Nc2cc(C(C)(C)C)on2)cc1.CCN(CC)CCNC. The van der Waals surface area contributed by atoms with Crippen LogP contribution in [0.1, 0.15) is 45.9 Å². The van der Waals surface area contributed by atoms with Crippen LogP contribution in [0.3, 0.4) is 0 Å². The van der Waals surface area contributed by atoms with Crippen LogP contribution in [0.5, 0.6) is 0 Å². The number of anilines is 2. The minimum absolute atomic E-state index is 0.149. The number of carbonyl (C=O) groups is 1. The molecule has 1 aromatic carbocycles. The van der Waals surface area contributed by atoms with Gasteiger partial charge < -0.3 is 20.1 Å². The molecule has 3 N–H and O–H groups in total. The number of likely N-dealkylation sites (N-methyl/N-ethyl adjacent to an activating group) is 2. The molecule has 7 nitrogen and oxygen atoms in total. The van der Waals surface area contributed by atoms with Crippen molar-refractivity contribution in [3.8, 4) is 0 Å². The number of hydrogen-bond donors (Lipinski definition) is 3. The van der Waals surface area contributed by atoms with Crippen molar-refractivity contribution in [1.82, 2.24) is 15.4 Å². The van der Waals surface area contributed by atoms with Crippen molar-refractivity contribution in [2.75, 3.05) is 43.9 Å². The van der Waals surface area contributed by atoms with Gasteiger partial charge in [-0.1, -0.05) is 64.6 Å². The monoisotopic (exact) mass is 415 g/mol. The predicted molar refractivity (Wildman–Crippen MR) is 126 cm³/mol. The van der Waals surface area contributed by atoms with Crippen molar-refractivity contribution in [3.05, 3.63) is 48.2 Å². The van der Waals surface area contributed by atoms with Crippen LogP contribution in [0.15, 0.2) is 41.4 Å². The summed E-state index contributed by atoms with van der Waals surface area (Å²) in [6, 6.07) is 8.71. The molecule has 1 aromatic heterocycles. The van der Waals surface area contributed by atoms with Crippen molar-refractivity contribution in [2.24, 2.45) is 0 Å². The Bertz CT molecular complexity index is 759. The van der Waals surface area contributed by atoms with Crippen LogP contribution in [0.25, 0.3) is 6.08 Å². The third-order valence-corrected chi connectivity index (χ3v) is 4.47. The van der Waals surface area contributed by atoms with Crippen molar-refractivity contribution < 1.29 is 9.32 Å². The first-order valence-electron chi connectivity index (χ1n) is 10.4. The van der Waals surface area contributed by atoms with Gasteiger partial charge >= 0.3 is 6.03 Å². The van der Waals surface area contributed by atoms with Crippen molar-refractivity contribution in [2.45, 2.75) is 40.0 Å². The number of urea groups is 1. The summed E-state index contributed by atoms with van der Waals surface area (Å²) in [5, 5.41) is 12.3. The molecular weight excluding hydrogens is 378 g/mol. The molecule has 166 valence electrons. The molecule has 0 spiro atoms. The lowest BCUT2D eigenvalue weighted by molar-refractivity contribution is 0.262. The summed E-state index contributed by atoms with van der Waals surface area (Å²) < 4.78 is 5.21. The third-order valence-electron chi connectivity index (χ3n) is 4.47. The van der Waals surface area contributed by atoms with Gasteiger partial charge in [0.1, 0.15) is 5.76 Å². The van der Waals surface area contributed by atoms with E-state index in [1.54, 1.807) is 24.3 Å². The maximum absolute atomic E-state index is 11.9. The zero-order valence-corrected chi connectivity index (χ0v) is 19.2. The second kappa shape index (κ2) is 12.8. The molecule has 0 unspecified atom stereocenters. The minimum Gasteiger partial charge on any atom is -0.359 e. The second-order valence-electron chi connectivity index (χ2n) is 7.86. The number of nitrogens with zero attached hydrogens (tertiary/aromatic N) is 2. The van der Waals surface area contributed by atoms with E-state index in [1.807, 2.05) is 40.0 Å². The summed E-state index contributed by atoms with van der Waals surface area (Å²) in [6.07, 6.45) is 1.74. The highest BCUT2D eigenvalue weighted by molar-refractivity contribution is 5.99. The molecule has 2 amide bonds. The normalized spacial score (nSPS) is 10.9. The molecule has 1 heterocycles. The average molecular weight is 416 g/mol. The van der Waals surface area contributed by atoms with Crippen LogP contribution < -0.4 is 16.0 Å². The lowest BCUT2D eigenvalue weighted by Crippen LogP contribution is -2.30. The van der Waals surface area contributed by atoms with Gasteiger partial charge in [-0.3, -0.25) is 5.32 Å². The number of carbonyl (C=O) groups excluding carboxylic acids is 1. The Hall–Kier alpha value is -2.64. The molecule has 2 rings (SSSR count).